The fraction of sp³-hybridized carbons (Fsp3) is 0.308. The summed E-state index contributed by atoms with van der Waals surface area (Å²) in [6.07, 6.45) is 1.57. The van der Waals surface area contributed by atoms with Crippen molar-refractivity contribution in [3.63, 3.8) is 0 Å². The molecule has 2 aromatic rings. The van der Waals surface area contributed by atoms with Crippen molar-refractivity contribution in [3.8, 4) is 0 Å². The Balaban J connectivity index is 2.31. The van der Waals surface area contributed by atoms with Crippen LogP contribution >= 0.6 is 0 Å². The summed E-state index contributed by atoms with van der Waals surface area (Å²) in [5.74, 6) is -1.04. The second kappa shape index (κ2) is 3.11. The number of aliphatic carboxylic acids is 1. The van der Waals surface area contributed by atoms with E-state index >= 15 is 0 Å². The van der Waals surface area contributed by atoms with Gasteiger partial charge in [-0.05, 0) is 30.9 Å². The Morgan fingerprint density at radius 1 is 1.50 bits per heavy atom. The van der Waals surface area contributed by atoms with Gasteiger partial charge >= 0.3 is 5.97 Å². The number of rotatable bonds is 1. The molecule has 0 spiro atoms. The van der Waals surface area contributed by atoms with Gasteiger partial charge in [-0.1, -0.05) is 18.2 Å². The van der Waals surface area contributed by atoms with E-state index < -0.39 is 5.97 Å². The molecule has 1 atom stereocenters. The number of hydrogen-bond acceptors (Lipinski definition) is 1. The van der Waals surface area contributed by atoms with Crippen LogP contribution in [0.2, 0.25) is 0 Å². The van der Waals surface area contributed by atoms with Crippen LogP contribution in [0.1, 0.15) is 29.2 Å². The molecule has 0 fully saturated rings. The van der Waals surface area contributed by atoms with Crippen LogP contribution in [0, 0.1) is 6.92 Å². The van der Waals surface area contributed by atoms with Gasteiger partial charge in [0.25, 0.3) is 0 Å². The number of carboxylic acids is 1. The number of carbonyl (C=O) groups is 1. The fourth-order valence-electron chi connectivity index (χ4n) is 2.71. The average Bonchev–Trinajstić information content (AvgIpc) is 2.77. The lowest BCUT2D eigenvalue weighted by Gasteiger charge is -2.04. The monoisotopic (exact) mass is 215 g/mol. The predicted octanol–water partition coefficient (Wildman–Crippen LogP) is 2.59. The quantitative estimate of drug-likeness (QED) is 0.768. The number of aromatic amines is 1. The van der Waals surface area contributed by atoms with Gasteiger partial charge in [0.1, 0.15) is 0 Å². The number of benzene rings is 1. The number of H-pyrrole nitrogens is 1. The van der Waals surface area contributed by atoms with E-state index in [2.05, 4.69) is 4.98 Å². The maximum atomic E-state index is 11.2. The minimum atomic E-state index is -0.707. The van der Waals surface area contributed by atoms with Crippen LogP contribution in [0.15, 0.2) is 18.2 Å². The van der Waals surface area contributed by atoms with Crippen molar-refractivity contribution >= 4 is 16.9 Å². The van der Waals surface area contributed by atoms with E-state index in [0.717, 1.165) is 35.0 Å². The van der Waals surface area contributed by atoms with Gasteiger partial charge in [-0.2, -0.15) is 0 Å². The van der Waals surface area contributed by atoms with Gasteiger partial charge in [-0.15, -0.1) is 0 Å². The topological polar surface area (TPSA) is 53.1 Å². The second-order valence-electron chi connectivity index (χ2n) is 4.44. The van der Waals surface area contributed by atoms with Crippen molar-refractivity contribution in [1.29, 1.82) is 0 Å². The molecule has 16 heavy (non-hydrogen) atoms. The lowest BCUT2D eigenvalue weighted by molar-refractivity contribution is -0.138. The molecule has 1 aromatic heterocycles. The summed E-state index contributed by atoms with van der Waals surface area (Å²) >= 11 is 0. The third kappa shape index (κ3) is 1.11. The number of aryl methyl sites for hydroxylation is 2. The molecule has 82 valence electrons. The summed E-state index contributed by atoms with van der Waals surface area (Å²) in [5, 5.41) is 10.3. The number of aromatic nitrogens is 1. The van der Waals surface area contributed by atoms with E-state index in [9.17, 15) is 9.90 Å². The Hall–Kier alpha value is -1.77. The summed E-state index contributed by atoms with van der Waals surface area (Å²) < 4.78 is 0. The Morgan fingerprint density at radius 2 is 2.31 bits per heavy atom. The molecule has 1 aliphatic rings. The normalized spacial score (nSPS) is 18.9. The zero-order valence-corrected chi connectivity index (χ0v) is 9.08. The van der Waals surface area contributed by atoms with Crippen LogP contribution in [0.4, 0.5) is 0 Å². The molecule has 1 aliphatic carbocycles. The Labute approximate surface area is 93.1 Å². The van der Waals surface area contributed by atoms with Crippen molar-refractivity contribution in [2.24, 2.45) is 0 Å². The molecule has 2 N–H and O–H groups in total. The van der Waals surface area contributed by atoms with Crippen LogP contribution in [0.3, 0.4) is 0 Å². The highest BCUT2D eigenvalue weighted by Gasteiger charge is 2.31. The Morgan fingerprint density at radius 3 is 3.06 bits per heavy atom. The van der Waals surface area contributed by atoms with Crippen molar-refractivity contribution in [3.05, 3.63) is 35.0 Å². The standard InChI is InChI=1S/C13H13NO2/c1-7-3-2-4-8-11-9(13(15)16)5-6-10(11)14-12(7)8/h2-4,9,14H,5-6H2,1H3,(H,15,16). The first-order valence-electron chi connectivity index (χ1n) is 5.51. The van der Waals surface area contributed by atoms with Gasteiger partial charge in [0.15, 0.2) is 0 Å². The predicted molar refractivity (Wildman–Crippen MR) is 61.7 cm³/mol. The zero-order chi connectivity index (χ0) is 11.3. The molecule has 3 nitrogen and oxygen atoms in total. The van der Waals surface area contributed by atoms with E-state index in [1.807, 2.05) is 25.1 Å². The molecule has 0 radical (unpaired) electrons. The first-order chi connectivity index (χ1) is 7.68. The third-order valence-electron chi connectivity index (χ3n) is 3.49. The third-order valence-corrected chi connectivity index (χ3v) is 3.49. The molecular weight excluding hydrogens is 202 g/mol. The molecule has 0 saturated heterocycles. The lowest BCUT2D eigenvalue weighted by atomic mass is 9.99. The van der Waals surface area contributed by atoms with Gasteiger partial charge in [0.05, 0.1) is 5.92 Å². The second-order valence-corrected chi connectivity index (χ2v) is 4.44. The number of hydrogen-bond donors (Lipinski definition) is 2. The number of carboxylic acid groups (broad SMARTS) is 1. The van der Waals surface area contributed by atoms with E-state index in [1.54, 1.807) is 0 Å². The Kier molecular flexibility index (Phi) is 1.84. The zero-order valence-electron chi connectivity index (χ0n) is 9.08. The van der Waals surface area contributed by atoms with Crippen LogP contribution in [-0.4, -0.2) is 16.1 Å². The maximum Gasteiger partial charge on any atom is 0.311 e. The van der Waals surface area contributed by atoms with Gasteiger partial charge in [0.2, 0.25) is 0 Å². The molecule has 0 aliphatic heterocycles. The molecule has 3 heteroatoms. The summed E-state index contributed by atoms with van der Waals surface area (Å²) in [5.41, 5.74) is 4.39. The molecule has 1 heterocycles. The molecule has 1 unspecified atom stereocenters. The van der Waals surface area contributed by atoms with E-state index in [0.29, 0.717) is 0 Å². The number of para-hydroxylation sites is 1. The largest absolute Gasteiger partial charge is 0.481 e. The van der Waals surface area contributed by atoms with Crippen molar-refractivity contribution < 1.29 is 9.90 Å². The molecular formula is C13H13NO2. The average molecular weight is 215 g/mol. The van der Waals surface area contributed by atoms with Crippen LogP contribution in [0.5, 0.6) is 0 Å². The Bertz CT molecular complexity index is 583. The summed E-state index contributed by atoms with van der Waals surface area (Å²) in [6.45, 7) is 2.05. The van der Waals surface area contributed by atoms with E-state index in [-0.39, 0.29) is 5.92 Å². The summed E-state index contributed by atoms with van der Waals surface area (Å²) in [4.78, 5) is 14.5. The lowest BCUT2D eigenvalue weighted by Crippen LogP contribution is -2.07. The van der Waals surface area contributed by atoms with Crippen molar-refractivity contribution in [1.82, 2.24) is 4.98 Å². The van der Waals surface area contributed by atoms with E-state index in [4.69, 9.17) is 0 Å². The van der Waals surface area contributed by atoms with Crippen molar-refractivity contribution in [2.75, 3.05) is 0 Å². The smallest absolute Gasteiger partial charge is 0.311 e. The summed E-state index contributed by atoms with van der Waals surface area (Å²) in [7, 11) is 0. The summed E-state index contributed by atoms with van der Waals surface area (Å²) in [6, 6.07) is 6.05. The number of fused-ring (bicyclic) bond motifs is 3. The highest BCUT2D eigenvalue weighted by Crippen LogP contribution is 2.39. The highest BCUT2D eigenvalue weighted by atomic mass is 16.4. The van der Waals surface area contributed by atoms with E-state index in [1.165, 1.54) is 5.56 Å². The van der Waals surface area contributed by atoms with Gasteiger partial charge < -0.3 is 10.1 Å². The molecule has 3 rings (SSSR count). The van der Waals surface area contributed by atoms with Gasteiger partial charge in [0, 0.05) is 16.6 Å². The minimum absolute atomic E-state index is 0.328. The number of nitrogens with one attached hydrogen (secondary N) is 1. The first kappa shape index (κ1) is 9.46. The molecule has 1 aromatic carbocycles. The first-order valence-corrected chi connectivity index (χ1v) is 5.51. The fourth-order valence-corrected chi connectivity index (χ4v) is 2.71. The van der Waals surface area contributed by atoms with Crippen LogP contribution in [0.25, 0.3) is 10.9 Å². The molecule has 0 saturated carbocycles. The van der Waals surface area contributed by atoms with Crippen LogP contribution in [-0.2, 0) is 11.2 Å². The molecule has 0 bridgehead atoms. The maximum absolute atomic E-state index is 11.2. The van der Waals surface area contributed by atoms with Gasteiger partial charge in [-0.25, -0.2) is 0 Å². The van der Waals surface area contributed by atoms with Crippen LogP contribution < -0.4 is 0 Å². The SMILES string of the molecule is Cc1cccc2c3c([nH]c12)CCC3C(=O)O. The van der Waals surface area contributed by atoms with Crippen molar-refractivity contribution in [2.45, 2.75) is 25.7 Å². The molecule has 0 amide bonds. The highest BCUT2D eigenvalue weighted by molar-refractivity contribution is 5.93. The van der Waals surface area contributed by atoms with Gasteiger partial charge in [-0.3, -0.25) is 4.79 Å². The minimum Gasteiger partial charge on any atom is -0.481 e.